The van der Waals surface area contributed by atoms with Gasteiger partial charge in [0.05, 0.1) is 34.0 Å². The zero-order valence-electron chi connectivity index (χ0n) is 20.6. The molecule has 0 bridgehead atoms. The fraction of sp³-hybridized carbons (Fsp3) is 0.333. The molecule has 0 aliphatic carbocycles. The van der Waals surface area contributed by atoms with E-state index in [1.54, 1.807) is 20.3 Å². The molecule has 1 aliphatic rings. The third kappa shape index (κ3) is 5.23. The number of imidazole rings is 1. The van der Waals surface area contributed by atoms with Crippen molar-refractivity contribution in [1.29, 1.82) is 0 Å². The van der Waals surface area contributed by atoms with Crippen molar-refractivity contribution in [2.24, 2.45) is 0 Å². The number of halogens is 1. The first kappa shape index (κ1) is 25.3. The van der Waals surface area contributed by atoms with Gasteiger partial charge in [-0.25, -0.2) is 24.2 Å². The SMILES string of the molecule is CCOc1cccc(-c2nc3nc(Cl)c(NSN4CCOCC4)nc3n2-c2c(OC)cccc2OC)n1. The fourth-order valence-electron chi connectivity index (χ4n) is 3.89. The largest absolute Gasteiger partial charge is 0.494 e. The fourth-order valence-corrected chi connectivity index (χ4v) is 4.80. The van der Waals surface area contributed by atoms with E-state index in [0.29, 0.717) is 71.5 Å². The molecule has 194 valence electrons. The molecule has 1 N–H and O–H groups in total. The molecular weight excluding hydrogens is 518 g/mol. The number of hydrogen-bond donors (Lipinski definition) is 1. The number of hydrogen-bond acceptors (Lipinski definition) is 11. The molecule has 11 nitrogen and oxygen atoms in total. The number of rotatable bonds is 9. The van der Waals surface area contributed by atoms with Gasteiger partial charge in [0.15, 0.2) is 28.1 Å². The van der Waals surface area contributed by atoms with Crippen molar-refractivity contribution in [3.05, 3.63) is 41.6 Å². The first-order chi connectivity index (χ1) is 18.1. The number of fused-ring (bicyclic) bond motifs is 1. The third-order valence-electron chi connectivity index (χ3n) is 5.56. The Morgan fingerprint density at radius 2 is 1.73 bits per heavy atom. The van der Waals surface area contributed by atoms with Gasteiger partial charge < -0.3 is 18.9 Å². The van der Waals surface area contributed by atoms with Crippen molar-refractivity contribution in [2.45, 2.75) is 6.92 Å². The highest BCUT2D eigenvalue weighted by Crippen LogP contribution is 2.38. The van der Waals surface area contributed by atoms with Crippen LogP contribution in [0.15, 0.2) is 36.4 Å². The highest BCUT2D eigenvalue weighted by Gasteiger charge is 2.25. The van der Waals surface area contributed by atoms with Crippen LogP contribution in [0.4, 0.5) is 5.82 Å². The number of nitrogens with zero attached hydrogens (tertiary/aromatic N) is 6. The van der Waals surface area contributed by atoms with E-state index in [2.05, 4.69) is 19.0 Å². The van der Waals surface area contributed by atoms with E-state index in [1.165, 1.54) is 12.1 Å². The number of benzene rings is 1. The van der Waals surface area contributed by atoms with Crippen LogP contribution < -0.4 is 18.9 Å². The predicted octanol–water partition coefficient (Wildman–Crippen LogP) is 4.25. The second-order valence-corrected chi connectivity index (χ2v) is 9.08. The molecule has 0 spiro atoms. The predicted molar refractivity (Wildman–Crippen MR) is 143 cm³/mol. The first-order valence-corrected chi connectivity index (χ1v) is 12.8. The van der Waals surface area contributed by atoms with E-state index in [9.17, 15) is 0 Å². The van der Waals surface area contributed by atoms with Crippen molar-refractivity contribution in [2.75, 3.05) is 51.9 Å². The van der Waals surface area contributed by atoms with Gasteiger partial charge >= 0.3 is 0 Å². The maximum Gasteiger partial charge on any atom is 0.213 e. The van der Waals surface area contributed by atoms with Crippen LogP contribution in [0.2, 0.25) is 5.15 Å². The Morgan fingerprint density at radius 3 is 2.43 bits per heavy atom. The smallest absolute Gasteiger partial charge is 0.213 e. The Kier molecular flexibility index (Phi) is 7.79. The zero-order valence-corrected chi connectivity index (χ0v) is 22.2. The van der Waals surface area contributed by atoms with Crippen LogP contribution in [0.5, 0.6) is 17.4 Å². The van der Waals surface area contributed by atoms with Gasteiger partial charge in [-0.05, 0) is 25.1 Å². The minimum absolute atomic E-state index is 0.201. The molecule has 0 radical (unpaired) electrons. The molecule has 37 heavy (non-hydrogen) atoms. The van der Waals surface area contributed by atoms with E-state index in [1.807, 2.05) is 41.8 Å². The lowest BCUT2D eigenvalue weighted by atomic mass is 10.2. The Balaban J connectivity index is 1.69. The normalized spacial score (nSPS) is 14.1. The van der Waals surface area contributed by atoms with Gasteiger partial charge in [-0.3, -0.25) is 9.29 Å². The van der Waals surface area contributed by atoms with Crippen LogP contribution in [0, 0.1) is 0 Å². The highest BCUT2D eigenvalue weighted by molar-refractivity contribution is 7.98. The highest BCUT2D eigenvalue weighted by atomic mass is 35.5. The second-order valence-electron chi connectivity index (χ2n) is 7.82. The second kappa shape index (κ2) is 11.4. The Morgan fingerprint density at radius 1 is 1.00 bits per heavy atom. The molecule has 1 fully saturated rings. The summed E-state index contributed by atoms with van der Waals surface area (Å²) in [5.74, 6) is 2.50. The van der Waals surface area contributed by atoms with Gasteiger partial charge in [0, 0.05) is 31.3 Å². The van der Waals surface area contributed by atoms with E-state index >= 15 is 0 Å². The molecule has 4 aromatic rings. The Hall–Kier alpha value is -3.32. The molecule has 0 unspecified atom stereocenters. The lowest BCUT2D eigenvalue weighted by Gasteiger charge is -2.25. The minimum Gasteiger partial charge on any atom is -0.494 e. The monoisotopic (exact) mass is 543 g/mol. The molecule has 0 saturated carbocycles. The third-order valence-corrected chi connectivity index (χ3v) is 6.74. The number of pyridine rings is 1. The quantitative estimate of drug-likeness (QED) is 0.306. The molecular formula is C24H26ClN7O4S. The van der Waals surface area contributed by atoms with Crippen molar-refractivity contribution in [3.63, 3.8) is 0 Å². The molecule has 1 saturated heterocycles. The number of anilines is 1. The number of aromatic nitrogens is 5. The summed E-state index contributed by atoms with van der Waals surface area (Å²) in [5, 5.41) is 0.201. The van der Waals surface area contributed by atoms with E-state index < -0.39 is 0 Å². The first-order valence-electron chi connectivity index (χ1n) is 11.7. The average Bonchev–Trinajstić information content (AvgIpc) is 3.29. The van der Waals surface area contributed by atoms with Crippen LogP contribution in [0.25, 0.3) is 28.5 Å². The summed E-state index contributed by atoms with van der Waals surface area (Å²) >= 11 is 7.94. The molecule has 0 amide bonds. The maximum absolute atomic E-state index is 6.53. The molecule has 1 aliphatic heterocycles. The van der Waals surface area contributed by atoms with Crippen LogP contribution in [0.3, 0.4) is 0 Å². The van der Waals surface area contributed by atoms with Gasteiger partial charge in [0.2, 0.25) is 5.88 Å². The summed E-state index contributed by atoms with van der Waals surface area (Å²) in [6, 6.07) is 11.0. The maximum atomic E-state index is 6.53. The van der Waals surface area contributed by atoms with Crippen molar-refractivity contribution >= 4 is 40.8 Å². The summed E-state index contributed by atoms with van der Waals surface area (Å²) in [6.45, 7) is 5.31. The Labute approximate surface area is 223 Å². The summed E-state index contributed by atoms with van der Waals surface area (Å²) in [5.41, 5.74) is 1.97. The molecule has 0 atom stereocenters. The van der Waals surface area contributed by atoms with Crippen LogP contribution in [-0.2, 0) is 4.74 Å². The van der Waals surface area contributed by atoms with Gasteiger partial charge in [-0.15, -0.1) is 0 Å². The molecule has 3 aromatic heterocycles. The molecule has 4 heterocycles. The van der Waals surface area contributed by atoms with E-state index in [0.717, 1.165) is 13.1 Å². The Bertz CT molecular complexity index is 1380. The van der Waals surface area contributed by atoms with Gasteiger partial charge in [-0.2, -0.15) is 0 Å². The van der Waals surface area contributed by atoms with Crippen LogP contribution >= 0.6 is 23.7 Å². The van der Waals surface area contributed by atoms with Crippen LogP contribution in [-0.4, -0.2) is 75.9 Å². The van der Waals surface area contributed by atoms with Crippen LogP contribution in [0.1, 0.15) is 6.92 Å². The number of ether oxygens (including phenoxy) is 4. The zero-order chi connectivity index (χ0) is 25.8. The number of morpholine rings is 1. The van der Waals surface area contributed by atoms with Gasteiger partial charge in [0.1, 0.15) is 22.9 Å². The summed E-state index contributed by atoms with van der Waals surface area (Å²) < 4.78 is 29.7. The minimum atomic E-state index is 0.201. The van der Waals surface area contributed by atoms with Crippen molar-refractivity contribution < 1.29 is 18.9 Å². The summed E-state index contributed by atoms with van der Waals surface area (Å²) in [6.07, 6.45) is 0. The molecule has 13 heteroatoms. The standard InChI is InChI=1S/C24H26ClN7O4S/c1-4-36-18-10-5-7-15(26-18)23-29-22-24(32(23)19-16(33-2)8-6-9-17(19)34-3)28-21(20(25)27-22)30-37-31-11-13-35-14-12-31/h5-10H,4,11-14H2,1-3H3,(H,28,30). The van der Waals surface area contributed by atoms with Gasteiger partial charge in [-0.1, -0.05) is 23.7 Å². The summed E-state index contributed by atoms with van der Waals surface area (Å²) in [4.78, 5) is 18.8. The average molecular weight is 544 g/mol. The molecule has 5 rings (SSSR count). The van der Waals surface area contributed by atoms with Gasteiger partial charge in [0.25, 0.3) is 0 Å². The number of nitrogens with one attached hydrogen (secondary N) is 1. The van der Waals surface area contributed by atoms with E-state index in [-0.39, 0.29) is 5.15 Å². The van der Waals surface area contributed by atoms with Crippen molar-refractivity contribution in [1.82, 2.24) is 28.8 Å². The number of para-hydroxylation sites is 1. The lowest BCUT2D eigenvalue weighted by Crippen LogP contribution is -2.32. The number of methoxy groups -OCH3 is 2. The topological polar surface area (TPSA) is 109 Å². The summed E-state index contributed by atoms with van der Waals surface area (Å²) in [7, 11) is 3.19. The molecule has 1 aromatic carbocycles. The van der Waals surface area contributed by atoms with Crippen molar-refractivity contribution in [3.8, 4) is 34.6 Å². The lowest BCUT2D eigenvalue weighted by molar-refractivity contribution is 0.0775. The van der Waals surface area contributed by atoms with E-state index in [4.69, 9.17) is 40.5 Å².